The zero-order valence-corrected chi connectivity index (χ0v) is 13.9. The van der Waals surface area contributed by atoms with E-state index in [1.807, 2.05) is 56.3 Å². The molecule has 0 radical (unpaired) electrons. The fourth-order valence-electron chi connectivity index (χ4n) is 2.48. The van der Waals surface area contributed by atoms with Crippen LogP contribution in [0.25, 0.3) is 5.69 Å². The Morgan fingerprint density at radius 1 is 1.08 bits per heavy atom. The van der Waals surface area contributed by atoms with Crippen molar-refractivity contribution < 1.29 is 4.79 Å². The third kappa shape index (κ3) is 3.87. The van der Waals surface area contributed by atoms with Crippen molar-refractivity contribution in [2.45, 2.75) is 26.7 Å². The number of aryl methyl sites for hydroxylation is 3. The van der Waals surface area contributed by atoms with Gasteiger partial charge in [0.05, 0.1) is 11.4 Å². The number of rotatable bonds is 5. The van der Waals surface area contributed by atoms with Crippen LogP contribution in [0, 0.1) is 13.8 Å². The second kappa shape index (κ2) is 7.08. The highest BCUT2D eigenvalue weighted by Crippen LogP contribution is 2.18. The molecule has 24 heavy (non-hydrogen) atoms. The fraction of sp³-hybridized carbons (Fsp3) is 0.211. The number of carbonyl (C=O) groups is 1. The van der Waals surface area contributed by atoms with Gasteiger partial charge in [-0.05, 0) is 50.1 Å². The molecule has 2 aromatic heterocycles. The molecule has 3 rings (SSSR count). The highest BCUT2D eigenvalue weighted by atomic mass is 16.1. The van der Waals surface area contributed by atoms with Crippen molar-refractivity contribution in [3.05, 3.63) is 71.7 Å². The number of anilines is 1. The van der Waals surface area contributed by atoms with Crippen LogP contribution in [0.5, 0.6) is 0 Å². The molecule has 0 saturated heterocycles. The van der Waals surface area contributed by atoms with E-state index < -0.39 is 0 Å². The molecule has 0 aliphatic carbocycles. The zero-order chi connectivity index (χ0) is 16.9. The summed E-state index contributed by atoms with van der Waals surface area (Å²) in [6, 6.07) is 13.8. The number of carbonyl (C=O) groups excluding carboxylic acids is 1. The predicted molar refractivity (Wildman–Crippen MR) is 94.2 cm³/mol. The lowest BCUT2D eigenvalue weighted by Crippen LogP contribution is -2.15. The minimum atomic E-state index is -0.0277. The summed E-state index contributed by atoms with van der Waals surface area (Å²) in [7, 11) is 0. The van der Waals surface area contributed by atoms with E-state index in [-0.39, 0.29) is 5.91 Å². The highest BCUT2D eigenvalue weighted by molar-refractivity contribution is 5.90. The van der Waals surface area contributed by atoms with E-state index >= 15 is 0 Å². The van der Waals surface area contributed by atoms with Crippen LogP contribution in [-0.4, -0.2) is 20.7 Å². The van der Waals surface area contributed by atoms with Crippen LogP contribution in [0.4, 0.5) is 5.82 Å². The molecule has 0 fully saturated rings. The number of nitrogens with one attached hydrogen (secondary N) is 1. The Bertz CT molecular complexity index is 822. The molecule has 5 nitrogen and oxygen atoms in total. The second-order valence-electron chi connectivity index (χ2n) is 5.82. The summed E-state index contributed by atoms with van der Waals surface area (Å²) in [4.78, 5) is 16.2. The maximum atomic E-state index is 12.3. The van der Waals surface area contributed by atoms with Gasteiger partial charge in [-0.15, -0.1) is 0 Å². The zero-order valence-electron chi connectivity index (χ0n) is 13.9. The van der Waals surface area contributed by atoms with Crippen molar-refractivity contribution in [3.63, 3.8) is 0 Å². The molecule has 0 unspecified atom stereocenters. The summed E-state index contributed by atoms with van der Waals surface area (Å²) in [5.74, 6) is 0.663. The van der Waals surface area contributed by atoms with Crippen LogP contribution in [0.2, 0.25) is 0 Å². The van der Waals surface area contributed by atoms with Gasteiger partial charge in [0.15, 0.2) is 0 Å². The van der Waals surface area contributed by atoms with Gasteiger partial charge in [0.25, 0.3) is 0 Å². The smallest absolute Gasteiger partial charge is 0.225 e. The highest BCUT2D eigenvalue weighted by Gasteiger charge is 2.11. The first-order chi connectivity index (χ1) is 11.6. The lowest BCUT2D eigenvalue weighted by Gasteiger charge is -2.09. The van der Waals surface area contributed by atoms with Gasteiger partial charge in [-0.2, -0.15) is 5.10 Å². The quantitative estimate of drug-likeness (QED) is 0.783. The summed E-state index contributed by atoms with van der Waals surface area (Å²) in [5, 5.41) is 7.44. The van der Waals surface area contributed by atoms with Crippen molar-refractivity contribution in [2.24, 2.45) is 0 Å². The van der Waals surface area contributed by atoms with E-state index in [0.29, 0.717) is 18.7 Å². The van der Waals surface area contributed by atoms with Crippen LogP contribution >= 0.6 is 0 Å². The summed E-state index contributed by atoms with van der Waals surface area (Å²) in [6.45, 7) is 3.96. The number of hydrogen-bond donors (Lipinski definition) is 1. The molecule has 5 heteroatoms. The van der Waals surface area contributed by atoms with E-state index in [2.05, 4.69) is 15.4 Å². The van der Waals surface area contributed by atoms with Crippen molar-refractivity contribution >= 4 is 11.7 Å². The minimum Gasteiger partial charge on any atom is -0.311 e. The number of hydrogen-bond acceptors (Lipinski definition) is 3. The molecule has 0 aliphatic heterocycles. The molecule has 3 aromatic rings. The summed E-state index contributed by atoms with van der Waals surface area (Å²) >= 11 is 0. The van der Waals surface area contributed by atoms with E-state index in [1.54, 1.807) is 17.1 Å². The van der Waals surface area contributed by atoms with Crippen LogP contribution in [-0.2, 0) is 11.2 Å². The van der Waals surface area contributed by atoms with E-state index in [0.717, 1.165) is 16.9 Å². The molecule has 0 saturated carbocycles. The van der Waals surface area contributed by atoms with Gasteiger partial charge in [-0.3, -0.25) is 9.78 Å². The Labute approximate surface area is 141 Å². The van der Waals surface area contributed by atoms with E-state index in [1.165, 1.54) is 5.56 Å². The fourth-order valence-corrected chi connectivity index (χ4v) is 2.48. The molecule has 1 aromatic carbocycles. The molecule has 2 heterocycles. The average Bonchev–Trinajstić information content (AvgIpc) is 2.95. The molecule has 0 bridgehead atoms. The summed E-state index contributed by atoms with van der Waals surface area (Å²) in [6.07, 6.45) is 4.58. The first kappa shape index (κ1) is 15.9. The molecule has 0 atom stereocenters. The maximum Gasteiger partial charge on any atom is 0.225 e. The number of aromatic nitrogens is 3. The molecule has 1 amide bonds. The van der Waals surface area contributed by atoms with Crippen LogP contribution < -0.4 is 5.32 Å². The van der Waals surface area contributed by atoms with Gasteiger partial charge in [-0.25, -0.2) is 4.68 Å². The topological polar surface area (TPSA) is 59.8 Å². The monoisotopic (exact) mass is 320 g/mol. The number of pyridine rings is 1. The van der Waals surface area contributed by atoms with Gasteiger partial charge in [0.2, 0.25) is 5.91 Å². The third-order valence-electron chi connectivity index (χ3n) is 3.77. The lowest BCUT2D eigenvalue weighted by molar-refractivity contribution is -0.116. The maximum absolute atomic E-state index is 12.3. The SMILES string of the molecule is Cc1ccc(-n2nc(C)cc2NC(=O)CCc2ccncc2)cc1. The van der Waals surface area contributed by atoms with E-state index in [9.17, 15) is 4.79 Å². The normalized spacial score (nSPS) is 10.6. The van der Waals surface area contributed by atoms with Crippen LogP contribution in [0.1, 0.15) is 23.2 Å². The molecule has 1 N–H and O–H groups in total. The van der Waals surface area contributed by atoms with Crippen LogP contribution in [0.15, 0.2) is 54.9 Å². The largest absolute Gasteiger partial charge is 0.311 e. The molecular formula is C19H20N4O. The Morgan fingerprint density at radius 3 is 2.50 bits per heavy atom. The second-order valence-corrected chi connectivity index (χ2v) is 5.82. The van der Waals surface area contributed by atoms with Crippen molar-refractivity contribution in [2.75, 3.05) is 5.32 Å². The summed E-state index contributed by atoms with van der Waals surface area (Å²) in [5.41, 5.74) is 4.08. The van der Waals surface area contributed by atoms with Crippen molar-refractivity contribution in [1.29, 1.82) is 0 Å². The van der Waals surface area contributed by atoms with Crippen molar-refractivity contribution in [3.8, 4) is 5.69 Å². The van der Waals surface area contributed by atoms with Gasteiger partial charge < -0.3 is 5.32 Å². The average molecular weight is 320 g/mol. The lowest BCUT2D eigenvalue weighted by atomic mass is 10.1. The molecule has 122 valence electrons. The first-order valence-corrected chi connectivity index (χ1v) is 7.94. The predicted octanol–water partition coefficient (Wildman–Crippen LogP) is 3.46. The van der Waals surface area contributed by atoms with E-state index in [4.69, 9.17) is 0 Å². The number of nitrogens with zero attached hydrogens (tertiary/aromatic N) is 3. The standard InChI is InChI=1S/C19H20N4O/c1-14-3-6-17(7-4-14)23-18(13-15(2)22-23)21-19(24)8-5-16-9-11-20-12-10-16/h3-4,6-7,9-13H,5,8H2,1-2H3,(H,21,24). The Hall–Kier alpha value is -2.95. The summed E-state index contributed by atoms with van der Waals surface area (Å²) < 4.78 is 1.76. The van der Waals surface area contributed by atoms with Crippen molar-refractivity contribution in [1.82, 2.24) is 14.8 Å². The van der Waals surface area contributed by atoms with Gasteiger partial charge >= 0.3 is 0 Å². The van der Waals surface area contributed by atoms with Gasteiger partial charge in [0, 0.05) is 24.9 Å². The Morgan fingerprint density at radius 2 is 1.79 bits per heavy atom. The number of amides is 1. The molecular weight excluding hydrogens is 300 g/mol. The van der Waals surface area contributed by atoms with Crippen LogP contribution in [0.3, 0.4) is 0 Å². The number of benzene rings is 1. The Balaban J connectivity index is 1.71. The van der Waals surface area contributed by atoms with Gasteiger partial charge in [-0.1, -0.05) is 17.7 Å². The first-order valence-electron chi connectivity index (χ1n) is 7.94. The third-order valence-corrected chi connectivity index (χ3v) is 3.77. The minimum absolute atomic E-state index is 0.0277. The molecule has 0 spiro atoms. The molecule has 0 aliphatic rings. The van der Waals surface area contributed by atoms with Gasteiger partial charge in [0.1, 0.15) is 5.82 Å². The Kier molecular flexibility index (Phi) is 4.70.